The number of rotatable bonds is 6. The number of piperidine rings is 1. The lowest BCUT2D eigenvalue weighted by Crippen LogP contribution is -2.41. The summed E-state index contributed by atoms with van der Waals surface area (Å²) >= 11 is 0. The van der Waals surface area contributed by atoms with Crippen molar-refractivity contribution in [2.24, 2.45) is 5.92 Å². The molecule has 5 heteroatoms. The first-order chi connectivity index (χ1) is 10.7. The summed E-state index contributed by atoms with van der Waals surface area (Å²) in [5.41, 5.74) is 1.01. The molecule has 1 aliphatic rings. The van der Waals surface area contributed by atoms with Crippen molar-refractivity contribution in [1.82, 2.24) is 9.80 Å². The van der Waals surface area contributed by atoms with Crippen LogP contribution in [0.3, 0.4) is 0 Å². The number of aliphatic hydroxyl groups excluding tert-OH is 1. The molecule has 22 heavy (non-hydrogen) atoms. The third-order valence-electron chi connectivity index (χ3n) is 4.13. The van der Waals surface area contributed by atoms with Crippen molar-refractivity contribution in [3.05, 3.63) is 35.9 Å². The van der Waals surface area contributed by atoms with Crippen LogP contribution < -0.4 is 0 Å². The lowest BCUT2D eigenvalue weighted by Gasteiger charge is -2.33. The van der Waals surface area contributed by atoms with Gasteiger partial charge in [-0.3, -0.25) is 0 Å². The number of carbonyl (C=O) groups excluding carboxylic acids is 1. The van der Waals surface area contributed by atoms with Crippen molar-refractivity contribution in [2.45, 2.75) is 19.4 Å². The number of hydrogen-bond donors (Lipinski definition) is 1. The smallest absolute Gasteiger partial charge is 0.410 e. The van der Waals surface area contributed by atoms with E-state index in [1.807, 2.05) is 37.4 Å². The molecular formula is C17H26N2O3. The first-order valence-electron chi connectivity index (χ1n) is 7.94. The Kier molecular flexibility index (Phi) is 6.68. The minimum absolute atomic E-state index is 0.196. The zero-order valence-corrected chi connectivity index (χ0v) is 13.3. The Bertz CT molecular complexity index is 444. The zero-order chi connectivity index (χ0) is 15.8. The number of amides is 1. The van der Waals surface area contributed by atoms with E-state index >= 15 is 0 Å². The van der Waals surface area contributed by atoms with Crippen LogP contribution in [-0.4, -0.2) is 60.8 Å². The summed E-state index contributed by atoms with van der Waals surface area (Å²) in [5.74, 6) is 0.592. The molecule has 1 fully saturated rings. The lowest BCUT2D eigenvalue weighted by molar-refractivity contribution is 0.0777. The summed E-state index contributed by atoms with van der Waals surface area (Å²) in [6.07, 6.45) is 1.78. The predicted octanol–water partition coefficient (Wildman–Crippen LogP) is 1.96. The molecule has 1 heterocycles. The van der Waals surface area contributed by atoms with Gasteiger partial charge in [-0.2, -0.15) is 0 Å². The van der Waals surface area contributed by atoms with Crippen LogP contribution in [0.2, 0.25) is 0 Å². The molecule has 0 radical (unpaired) electrons. The molecule has 0 spiro atoms. The average Bonchev–Trinajstić information content (AvgIpc) is 2.54. The summed E-state index contributed by atoms with van der Waals surface area (Å²) in [4.78, 5) is 16.0. The molecule has 1 amide bonds. The highest BCUT2D eigenvalue weighted by molar-refractivity contribution is 5.67. The summed E-state index contributed by atoms with van der Waals surface area (Å²) in [7, 11) is 2.02. The zero-order valence-electron chi connectivity index (χ0n) is 13.3. The van der Waals surface area contributed by atoms with E-state index in [2.05, 4.69) is 4.90 Å². The highest BCUT2D eigenvalue weighted by Gasteiger charge is 2.24. The predicted molar refractivity (Wildman–Crippen MR) is 85.5 cm³/mol. The number of carbonyl (C=O) groups is 1. The van der Waals surface area contributed by atoms with Gasteiger partial charge in [-0.25, -0.2) is 4.79 Å². The minimum atomic E-state index is -0.217. The molecule has 1 aliphatic heterocycles. The van der Waals surface area contributed by atoms with Gasteiger partial charge in [0.25, 0.3) is 0 Å². The van der Waals surface area contributed by atoms with Crippen LogP contribution in [0.15, 0.2) is 30.3 Å². The van der Waals surface area contributed by atoms with Crippen molar-refractivity contribution in [3.63, 3.8) is 0 Å². The maximum atomic E-state index is 12.1. The summed E-state index contributed by atoms with van der Waals surface area (Å²) < 4.78 is 5.37. The van der Waals surface area contributed by atoms with E-state index in [1.54, 1.807) is 4.90 Å². The summed E-state index contributed by atoms with van der Waals surface area (Å²) in [6.45, 7) is 3.73. The number of likely N-dealkylation sites (N-methyl/N-ethyl adjacent to an activating group) is 1. The van der Waals surface area contributed by atoms with Crippen molar-refractivity contribution in [2.75, 3.05) is 39.8 Å². The number of nitrogens with zero attached hydrogens (tertiary/aromatic N) is 2. The molecule has 0 aliphatic carbocycles. The van der Waals surface area contributed by atoms with Crippen LogP contribution in [0.1, 0.15) is 18.4 Å². The Morgan fingerprint density at radius 3 is 2.64 bits per heavy atom. The van der Waals surface area contributed by atoms with Gasteiger partial charge in [0, 0.05) is 26.2 Å². The fraction of sp³-hybridized carbons (Fsp3) is 0.588. The molecule has 122 valence electrons. The van der Waals surface area contributed by atoms with Gasteiger partial charge in [0.15, 0.2) is 0 Å². The number of likely N-dealkylation sites (tertiary alicyclic amines) is 1. The first kappa shape index (κ1) is 16.8. The van der Waals surface area contributed by atoms with E-state index in [0.29, 0.717) is 19.1 Å². The summed E-state index contributed by atoms with van der Waals surface area (Å²) in [5, 5.41) is 8.92. The van der Waals surface area contributed by atoms with Gasteiger partial charge in [0.1, 0.15) is 6.61 Å². The number of ether oxygens (including phenoxy) is 1. The Morgan fingerprint density at radius 2 is 2.00 bits per heavy atom. The number of aliphatic hydroxyl groups is 1. The van der Waals surface area contributed by atoms with Crippen LogP contribution in [0.25, 0.3) is 0 Å². The number of benzene rings is 1. The second kappa shape index (κ2) is 8.76. The Morgan fingerprint density at radius 1 is 1.32 bits per heavy atom. The normalized spacial score (nSPS) is 16.0. The largest absolute Gasteiger partial charge is 0.445 e. The fourth-order valence-corrected chi connectivity index (χ4v) is 2.81. The topological polar surface area (TPSA) is 53.0 Å². The van der Waals surface area contributed by atoms with Gasteiger partial charge in [-0.05, 0) is 31.4 Å². The van der Waals surface area contributed by atoms with Crippen molar-refractivity contribution in [1.29, 1.82) is 0 Å². The number of hydrogen-bond acceptors (Lipinski definition) is 4. The molecule has 1 aromatic rings. The van der Waals surface area contributed by atoms with Crippen molar-refractivity contribution < 1.29 is 14.6 Å². The van der Waals surface area contributed by atoms with E-state index in [-0.39, 0.29) is 12.7 Å². The quantitative estimate of drug-likeness (QED) is 0.873. The van der Waals surface area contributed by atoms with E-state index in [9.17, 15) is 4.79 Å². The molecule has 0 saturated carbocycles. The molecule has 1 N–H and O–H groups in total. The van der Waals surface area contributed by atoms with Crippen molar-refractivity contribution in [3.8, 4) is 0 Å². The second-order valence-electron chi connectivity index (χ2n) is 5.96. The Hall–Kier alpha value is -1.59. The minimum Gasteiger partial charge on any atom is -0.445 e. The van der Waals surface area contributed by atoms with Crippen LogP contribution in [0.5, 0.6) is 0 Å². The highest BCUT2D eigenvalue weighted by atomic mass is 16.6. The Labute approximate surface area is 132 Å². The first-order valence-corrected chi connectivity index (χ1v) is 7.94. The van der Waals surface area contributed by atoms with E-state index in [4.69, 9.17) is 9.84 Å². The van der Waals surface area contributed by atoms with Crippen molar-refractivity contribution >= 4 is 6.09 Å². The maximum Gasteiger partial charge on any atom is 0.410 e. The average molecular weight is 306 g/mol. The van der Waals surface area contributed by atoms with E-state index < -0.39 is 0 Å². The molecule has 0 aromatic heterocycles. The van der Waals surface area contributed by atoms with Crippen LogP contribution >= 0.6 is 0 Å². The SMILES string of the molecule is CN(CCO)CC1CCN(C(=O)OCc2ccccc2)CC1. The van der Waals surface area contributed by atoms with Gasteiger partial charge < -0.3 is 19.6 Å². The van der Waals surface area contributed by atoms with Gasteiger partial charge >= 0.3 is 6.09 Å². The molecule has 5 nitrogen and oxygen atoms in total. The molecule has 1 saturated heterocycles. The lowest BCUT2D eigenvalue weighted by atomic mass is 9.96. The third kappa shape index (κ3) is 5.31. The van der Waals surface area contributed by atoms with Gasteiger partial charge in [0.05, 0.1) is 6.61 Å². The molecule has 0 unspecified atom stereocenters. The third-order valence-corrected chi connectivity index (χ3v) is 4.13. The van der Waals surface area contributed by atoms with Gasteiger partial charge in [-0.15, -0.1) is 0 Å². The molecule has 1 aromatic carbocycles. The summed E-state index contributed by atoms with van der Waals surface area (Å²) in [6, 6.07) is 9.74. The van der Waals surface area contributed by atoms with Crippen LogP contribution in [-0.2, 0) is 11.3 Å². The van der Waals surface area contributed by atoms with E-state index in [1.165, 1.54) is 0 Å². The maximum absolute atomic E-state index is 12.1. The molecule has 0 atom stereocenters. The van der Waals surface area contributed by atoms with Gasteiger partial charge in [0.2, 0.25) is 0 Å². The Balaban J connectivity index is 1.68. The second-order valence-corrected chi connectivity index (χ2v) is 5.96. The van der Waals surface area contributed by atoms with Crippen LogP contribution in [0.4, 0.5) is 4.79 Å². The monoisotopic (exact) mass is 306 g/mol. The molecule has 0 bridgehead atoms. The molecule has 2 rings (SSSR count). The van der Waals surface area contributed by atoms with Gasteiger partial charge in [-0.1, -0.05) is 30.3 Å². The van der Waals surface area contributed by atoms with Crippen LogP contribution in [0, 0.1) is 5.92 Å². The highest BCUT2D eigenvalue weighted by Crippen LogP contribution is 2.19. The van der Waals surface area contributed by atoms with E-state index in [0.717, 1.165) is 38.0 Å². The fourth-order valence-electron chi connectivity index (χ4n) is 2.81. The standard InChI is InChI=1S/C17H26N2O3/c1-18(11-12-20)13-15-7-9-19(10-8-15)17(21)22-14-16-5-3-2-4-6-16/h2-6,15,20H,7-14H2,1H3. The molecular weight excluding hydrogens is 280 g/mol.